The second-order valence-corrected chi connectivity index (χ2v) is 12.8. The summed E-state index contributed by atoms with van der Waals surface area (Å²) in [6, 6.07) is 0. The number of allylic oxidation sites excluding steroid dienone is 1. The van der Waals surface area contributed by atoms with Gasteiger partial charge in [0.15, 0.2) is 0 Å². The maximum atomic E-state index is 10.3. The number of aliphatic hydroxyl groups is 1. The van der Waals surface area contributed by atoms with Crippen LogP contribution in [0.25, 0.3) is 0 Å². The van der Waals surface area contributed by atoms with Gasteiger partial charge in [0.2, 0.25) is 0 Å². The second-order valence-electron chi connectivity index (χ2n) is 12.8. The summed E-state index contributed by atoms with van der Waals surface area (Å²) >= 11 is 0. The van der Waals surface area contributed by atoms with E-state index in [0.717, 1.165) is 48.3 Å². The quantitative estimate of drug-likeness (QED) is 0.470. The first-order chi connectivity index (χ1) is 13.7. The lowest BCUT2D eigenvalue weighted by Crippen LogP contribution is -2.54. The summed E-state index contributed by atoms with van der Waals surface area (Å²) in [5.41, 5.74) is 2.56. The molecule has 0 aliphatic heterocycles. The Kier molecular flexibility index (Phi) is 6.04. The van der Waals surface area contributed by atoms with Crippen LogP contribution in [0, 0.1) is 52.3 Å². The van der Waals surface area contributed by atoms with Gasteiger partial charge < -0.3 is 5.11 Å². The Morgan fingerprint density at radius 3 is 2.38 bits per heavy atom. The van der Waals surface area contributed by atoms with Crippen LogP contribution in [0.5, 0.6) is 0 Å². The number of aliphatic hydroxyl groups excluding tert-OH is 1. The van der Waals surface area contributed by atoms with E-state index in [-0.39, 0.29) is 6.10 Å². The van der Waals surface area contributed by atoms with Crippen LogP contribution in [0.15, 0.2) is 12.2 Å². The minimum atomic E-state index is -0.0613. The van der Waals surface area contributed by atoms with Crippen molar-refractivity contribution in [1.82, 2.24) is 0 Å². The van der Waals surface area contributed by atoms with Crippen LogP contribution in [0.1, 0.15) is 105 Å². The van der Waals surface area contributed by atoms with Crippen molar-refractivity contribution in [2.75, 3.05) is 0 Å². The highest BCUT2D eigenvalue weighted by atomic mass is 16.3. The topological polar surface area (TPSA) is 20.2 Å². The predicted octanol–water partition coefficient (Wildman–Crippen LogP) is 7.63. The van der Waals surface area contributed by atoms with Crippen molar-refractivity contribution < 1.29 is 5.11 Å². The van der Waals surface area contributed by atoms with Gasteiger partial charge in [-0.25, -0.2) is 0 Å². The molecule has 1 nitrogen and oxygen atoms in total. The van der Waals surface area contributed by atoms with Crippen molar-refractivity contribution in [3.63, 3.8) is 0 Å². The molecule has 0 saturated heterocycles. The van der Waals surface area contributed by atoms with Crippen LogP contribution in [-0.4, -0.2) is 11.2 Å². The number of rotatable bonds is 5. The molecule has 0 aromatic carbocycles. The lowest BCUT2D eigenvalue weighted by atomic mass is 9.43. The molecule has 0 spiro atoms. The van der Waals surface area contributed by atoms with E-state index in [0.29, 0.717) is 16.7 Å². The number of hydrogen-bond donors (Lipinski definition) is 1. The molecule has 4 fully saturated rings. The van der Waals surface area contributed by atoms with Gasteiger partial charge in [0, 0.05) is 0 Å². The summed E-state index contributed by atoms with van der Waals surface area (Å²) in [4.78, 5) is 0. The minimum absolute atomic E-state index is 0.0613. The van der Waals surface area contributed by atoms with Crippen molar-refractivity contribution in [2.45, 2.75) is 111 Å². The zero-order valence-corrected chi connectivity index (χ0v) is 20.1. The van der Waals surface area contributed by atoms with E-state index >= 15 is 0 Å². The fraction of sp³-hybridized carbons (Fsp3) is 0.929. The monoisotopic (exact) mass is 400 g/mol. The smallest absolute Gasteiger partial charge is 0.0543 e. The van der Waals surface area contributed by atoms with Crippen LogP contribution >= 0.6 is 0 Å². The fourth-order valence-electron chi connectivity index (χ4n) is 9.13. The van der Waals surface area contributed by atoms with Crippen LogP contribution in [0.2, 0.25) is 0 Å². The van der Waals surface area contributed by atoms with Gasteiger partial charge in [-0.05, 0) is 104 Å². The van der Waals surface area contributed by atoms with E-state index in [1.807, 2.05) is 0 Å². The third-order valence-electron chi connectivity index (χ3n) is 10.8. The highest BCUT2D eigenvalue weighted by Crippen LogP contribution is 2.69. The van der Waals surface area contributed by atoms with Crippen molar-refractivity contribution in [2.24, 2.45) is 52.3 Å². The molecule has 0 radical (unpaired) electrons. The lowest BCUT2D eigenvalue weighted by molar-refractivity contribution is -0.107. The normalized spacial score (nSPS) is 48.2. The summed E-state index contributed by atoms with van der Waals surface area (Å²) in [6.45, 7) is 17.3. The van der Waals surface area contributed by atoms with Gasteiger partial charge >= 0.3 is 0 Å². The first-order valence-electron chi connectivity index (χ1n) is 13.0. The van der Waals surface area contributed by atoms with Gasteiger partial charge in [0.1, 0.15) is 0 Å². The van der Waals surface area contributed by atoms with E-state index in [1.54, 1.807) is 5.57 Å². The molecule has 4 saturated carbocycles. The SMILES string of the molecule is C=C1C[C@H]2C[C@H](O)CC[C@]2(C)[C@H]2CC[C@]3(C)[C@@H]([C@H](C)CCCC(C)C)CC[C@H]3[C@H]12. The summed E-state index contributed by atoms with van der Waals surface area (Å²) in [6.07, 6.45) is 14.4. The van der Waals surface area contributed by atoms with Crippen molar-refractivity contribution >= 4 is 0 Å². The van der Waals surface area contributed by atoms with Crippen LogP contribution in [-0.2, 0) is 0 Å². The first-order valence-corrected chi connectivity index (χ1v) is 13.0. The molecule has 0 bridgehead atoms. The zero-order valence-electron chi connectivity index (χ0n) is 20.1. The molecular weight excluding hydrogens is 352 g/mol. The highest BCUT2D eigenvalue weighted by molar-refractivity contribution is 5.21. The van der Waals surface area contributed by atoms with Gasteiger partial charge in [-0.15, -0.1) is 0 Å². The molecule has 0 aromatic heterocycles. The number of hydrogen-bond acceptors (Lipinski definition) is 1. The van der Waals surface area contributed by atoms with E-state index < -0.39 is 0 Å². The van der Waals surface area contributed by atoms with Crippen LogP contribution in [0.4, 0.5) is 0 Å². The fourth-order valence-corrected chi connectivity index (χ4v) is 9.13. The molecule has 4 rings (SSSR count). The van der Waals surface area contributed by atoms with E-state index in [2.05, 4.69) is 34.6 Å². The average molecular weight is 401 g/mol. The van der Waals surface area contributed by atoms with Gasteiger partial charge in [-0.2, -0.15) is 0 Å². The van der Waals surface area contributed by atoms with Gasteiger partial charge in [0.25, 0.3) is 0 Å². The van der Waals surface area contributed by atoms with Gasteiger partial charge in [0.05, 0.1) is 6.10 Å². The predicted molar refractivity (Wildman–Crippen MR) is 124 cm³/mol. The van der Waals surface area contributed by atoms with E-state index in [9.17, 15) is 5.11 Å². The molecule has 9 atom stereocenters. The Bertz CT molecular complexity index is 607. The first kappa shape index (κ1) is 21.9. The summed E-state index contributed by atoms with van der Waals surface area (Å²) < 4.78 is 0. The molecule has 1 N–H and O–H groups in total. The largest absolute Gasteiger partial charge is 0.393 e. The van der Waals surface area contributed by atoms with Crippen molar-refractivity contribution in [1.29, 1.82) is 0 Å². The maximum Gasteiger partial charge on any atom is 0.0543 e. The van der Waals surface area contributed by atoms with E-state index in [1.165, 1.54) is 57.8 Å². The zero-order chi connectivity index (χ0) is 21.0. The molecule has 0 aromatic rings. The molecule has 1 heteroatoms. The highest BCUT2D eigenvalue weighted by Gasteiger charge is 2.61. The van der Waals surface area contributed by atoms with E-state index in [4.69, 9.17) is 6.58 Å². The summed E-state index contributed by atoms with van der Waals surface area (Å²) in [7, 11) is 0. The second kappa shape index (κ2) is 7.99. The lowest BCUT2D eigenvalue weighted by Gasteiger charge is -2.61. The van der Waals surface area contributed by atoms with Gasteiger partial charge in [-0.3, -0.25) is 0 Å². The molecule has 0 amide bonds. The van der Waals surface area contributed by atoms with Crippen LogP contribution < -0.4 is 0 Å². The van der Waals surface area contributed by atoms with Crippen LogP contribution in [0.3, 0.4) is 0 Å². The Morgan fingerprint density at radius 2 is 1.66 bits per heavy atom. The third-order valence-corrected chi connectivity index (χ3v) is 10.8. The molecule has 166 valence electrons. The summed E-state index contributed by atoms with van der Waals surface area (Å²) in [5, 5.41) is 10.3. The minimum Gasteiger partial charge on any atom is -0.393 e. The Balaban J connectivity index is 1.51. The summed E-state index contributed by atoms with van der Waals surface area (Å²) in [5.74, 6) is 5.79. The molecule has 29 heavy (non-hydrogen) atoms. The standard InChI is InChI=1S/C28H48O/c1-18(2)8-7-9-19(3)23-10-11-24-26-20(4)16-21-17-22(29)12-14-27(21,5)25(26)13-15-28(23,24)6/h18-19,21-26,29H,4,7-17H2,1-3,5-6H3/t19-,21+,22-,23-,24+,25+,26+,27+,28-/m1/s1. The van der Waals surface area contributed by atoms with Crippen molar-refractivity contribution in [3.05, 3.63) is 12.2 Å². The Morgan fingerprint density at radius 1 is 0.966 bits per heavy atom. The molecular formula is C28H48O. The molecule has 4 aliphatic rings. The molecule has 0 unspecified atom stereocenters. The molecule has 4 aliphatic carbocycles. The Hall–Kier alpha value is -0.300. The number of fused-ring (bicyclic) bond motifs is 5. The van der Waals surface area contributed by atoms with Crippen molar-refractivity contribution in [3.8, 4) is 0 Å². The average Bonchev–Trinajstić information content (AvgIpc) is 3.00. The third kappa shape index (κ3) is 3.66. The van der Waals surface area contributed by atoms with Gasteiger partial charge in [-0.1, -0.05) is 66.0 Å². The Labute approximate surface area is 181 Å². The maximum absolute atomic E-state index is 10.3. The molecule has 0 heterocycles.